The molecule has 0 aliphatic heterocycles. The van der Waals surface area contributed by atoms with E-state index in [2.05, 4.69) is 61.3 Å². The number of rotatable bonds is 5. The lowest BCUT2D eigenvalue weighted by Crippen LogP contribution is -2.13. The molecular weight excluding hydrogens is 326 g/mol. The molecule has 2 nitrogen and oxygen atoms in total. The Balaban J connectivity index is 0.00000225. The van der Waals surface area contributed by atoms with E-state index in [0.29, 0.717) is 0 Å². The van der Waals surface area contributed by atoms with Gasteiger partial charge in [-0.2, -0.15) is 0 Å². The van der Waals surface area contributed by atoms with Gasteiger partial charge in [-0.05, 0) is 42.9 Å². The van der Waals surface area contributed by atoms with Gasteiger partial charge in [-0.15, -0.1) is 0 Å². The second-order valence-corrected chi connectivity index (χ2v) is 7.57. The average Bonchev–Trinajstić information content (AvgIpc) is 2.67. The van der Waals surface area contributed by atoms with Crippen LogP contribution in [0.5, 0.6) is 11.5 Å². The molecule has 125 valence electrons. The predicted molar refractivity (Wildman–Crippen MR) is 109 cm³/mol. The van der Waals surface area contributed by atoms with Crippen molar-refractivity contribution >= 4 is 26.9 Å². The summed E-state index contributed by atoms with van der Waals surface area (Å²) in [4.78, 5) is 0. The SMILES string of the molecule is COc1cccc(OC)c1-c1ccccc1[P@@](C)c1ccccc1.[B]. The Labute approximate surface area is 153 Å². The van der Waals surface area contributed by atoms with Crippen molar-refractivity contribution in [3.05, 3.63) is 72.8 Å². The van der Waals surface area contributed by atoms with Crippen LogP contribution in [0, 0.1) is 0 Å². The summed E-state index contributed by atoms with van der Waals surface area (Å²) in [6.45, 7) is 2.30. The summed E-state index contributed by atoms with van der Waals surface area (Å²) in [7, 11) is 2.94. The summed E-state index contributed by atoms with van der Waals surface area (Å²) in [5.74, 6) is 1.66. The van der Waals surface area contributed by atoms with E-state index in [-0.39, 0.29) is 8.41 Å². The van der Waals surface area contributed by atoms with Crippen molar-refractivity contribution in [1.29, 1.82) is 0 Å². The lowest BCUT2D eigenvalue weighted by molar-refractivity contribution is 0.397. The van der Waals surface area contributed by atoms with E-state index in [1.54, 1.807) is 14.2 Å². The van der Waals surface area contributed by atoms with Crippen LogP contribution in [-0.4, -0.2) is 29.3 Å². The second kappa shape index (κ2) is 8.73. The zero-order chi connectivity index (χ0) is 16.9. The third-order valence-electron chi connectivity index (χ3n) is 4.11. The van der Waals surface area contributed by atoms with E-state index in [1.165, 1.54) is 16.2 Å². The topological polar surface area (TPSA) is 18.5 Å². The minimum Gasteiger partial charge on any atom is -0.496 e. The van der Waals surface area contributed by atoms with Crippen LogP contribution in [0.15, 0.2) is 72.8 Å². The lowest BCUT2D eigenvalue weighted by Gasteiger charge is -2.20. The van der Waals surface area contributed by atoms with Gasteiger partial charge in [0.25, 0.3) is 0 Å². The maximum atomic E-state index is 5.61. The molecule has 0 N–H and O–H groups in total. The van der Waals surface area contributed by atoms with Gasteiger partial charge in [-0.1, -0.05) is 60.7 Å². The normalized spacial score (nSPS) is 11.3. The van der Waals surface area contributed by atoms with Gasteiger partial charge in [-0.25, -0.2) is 0 Å². The first-order valence-corrected chi connectivity index (χ1v) is 9.64. The van der Waals surface area contributed by atoms with Gasteiger partial charge in [0.15, 0.2) is 0 Å². The van der Waals surface area contributed by atoms with E-state index in [9.17, 15) is 0 Å². The van der Waals surface area contributed by atoms with Crippen LogP contribution >= 0.6 is 7.92 Å². The van der Waals surface area contributed by atoms with Gasteiger partial charge in [0, 0.05) is 8.41 Å². The molecule has 0 aliphatic rings. The fourth-order valence-corrected chi connectivity index (χ4v) is 4.64. The molecule has 1 atom stereocenters. The van der Waals surface area contributed by atoms with Crippen LogP contribution in [0.25, 0.3) is 11.1 Å². The molecule has 0 heterocycles. The Hall–Kier alpha value is -2.25. The fraction of sp³-hybridized carbons (Fsp3) is 0.143. The second-order valence-electron chi connectivity index (χ2n) is 5.45. The smallest absolute Gasteiger partial charge is 0.130 e. The van der Waals surface area contributed by atoms with E-state index in [4.69, 9.17) is 9.47 Å². The largest absolute Gasteiger partial charge is 0.496 e. The number of ether oxygens (including phenoxy) is 2. The van der Waals surface area contributed by atoms with Crippen LogP contribution in [-0.2, 0) is 0 Å². The monoisotopic (exact) mass is 347 g/mol. The highest BCUT2D eigenvalue weighted by Gasteiger charge is 2.19. The van der Waals surface area contributed by atoms with Gasteiger partial charge < -0.3 is 9.47 Å². The van der Waals surface area contributed by atoms with Crippen LogP contribution in [0.2, 0.25) is 0 Å². The van der Waals surface area contributed by atoms with Gasteiger partial charge in [0.1, 0.15) is 11.5 Å². The van der Waals surface area contributed by atoms with Crippen LogP contribution < -0.4 is 20.1 Å². The van der Waals surface area contributed by atoms with Crippen LogP contribution in [0.1, 0.15) is 0 Å². The predicted octanol–water partition coefficient (Wildman–Crippen LogP) is 4.05. The molecule has 0 saturated heterocycles. The highest BCUT2D eigenvalue weighted by Crippen LogP contribution is 2.41. The summed E-state index contributed by atoms with van der Waals surface area (Å²) in [5, 5.41) is 2.68. The first-order chi connectivity index (χ1) is 11.8. The number of methoxy groups -OCH3 is 2. The maximum Gasteiger partial charge on any atom is 0.130 e. The molecule has 25 heavy (non-hydrogen) atoms. The third-order valence-corrected chi connectivity index (χ3v) is 6.29. The van der Waals surface area contributed by atoms with Crippen molar-refractivity contribution in [1.82, 2.24) is 0 Å². The molecule has 0 spiro atoms. The summed E-state index contributed by atoms with van der Waals surface area (Å²) >= 11 is 0. The molecule has 3 aromatic rings. The average molecular weight is 347 g/mol. The minimum absolute atomic E-state index is 0. The number of benzene rings is 3. The Morgan fingerprint density at radius 3 is 1.84 bits per heavy atom. The Bertz CT molecular complexity index is 799. The number of hydrogen-bond acceptors (Lipinski definition) is 2. The third kappa shape index (κ3) is 3.88. The zero-order valence-electron chi connectivity index (χ0n) is 14.8. The van der Waals surface area contributed by atoms with Crippen LogP contribution in [0.3, 0.4) is 0 Å². The molecule has 3 radical (unpaired) electrons. The molecule has 0 aromatic heterocycles. The van der Waals surface area contributed by atoms with Crippen molar-refractivity contribution < 1.29 is 9.47 Å². The van der Waals surface area contributed by atoms with Gasteiger partial charge in [0.05, 0.1) is 19.8 Å². The standard InChI is InChI=1S/C21H21O2P.B/c1-22-18-13-9-14-19(23-2)21(18)17-12-7-8-15-20(17)24(3)16-10-5-4-6-11-16;/h4-15H,1-3H3;/t24-;/m0./s1. The van der Waals surface area contributed by atoms with E-state index in [1.807, 2.05) is 18.2 Å². The Morgan fingerprint density at radius 2 is 1.24 bits per heavy atom. The van der Waals surface area contributed by atoms with Gasteiger partial charge in [0.2, 0.25) is 0 Å². The van der Waals surface area contributed by atoms with Gasteiger partial charge >= 0.3 is 0 Å². The zero-order valence-corrected chi connectivity index (χ0v) is 15.7. The molecule has 3 aromatic carbocycles. The summed E-state index contributed by atoms with van der Waals surface area (Å²) in [6, 6.07) is 25.1. The van der Waals surface area contributed by atoms with E-state index >= 15 is 0 Å². The molecule has 4 heteroatoms. The molecule has 0 aliphatic carbocycles. The van der Waals surface area contributed by atoms with Gasteiger partial charge in [-0.3, -0.25) is 0 Å². The molecular formula is C21H21BO2P. The Morgan fingerprint density at radius 1 is 0.680 bits per heavy atom. The van der Waals surface area contributed by atoms with E-state index < -0.39 is 7.92 Å². The maximum absolute atomic E-state index is 5.61. The van der Waals surface area contributed by atoms with E-state index in [0.717, 1.165) is 17.1 Å². The van der Waals surface area contributed by atoms with Crippen molar-refractivity contribution in [2.45, 2.75) is 0 Å². The quantitative estimate of drug-likeness (QED) is 0.512. The summed E-state index contributed by atoms with van der Waals surface area (Å²) in [5.41, 5.74) is 2.19. The molecule has 0 unspecified atom stereocenters. The first-order valence-electron chi connectivity index (χ1n) is 7.85. The molecule has 3 rings (SSSR count). The highest BCUT2D eigenvalue weighted by atomic mass is 31.1. The van der Waals surface area contributed by atoms with Crippen molar-refractivity contribution in [3.8, 4) is 22.6 Å². The molecule has 0 amide bonds. The lowest BCUT2D eigenvalue weighted by atomic mass is 10.0. The highest BCUT2D eigenvalue weighted by molar-refractivity contribution is 7.72. The summed E-state index contributed by atoms with van der Waals surface area (Å²) < 4.78 is 11.2. The Kier molecular flexibility index (Phi) is 6.67. The molecule has 0 saturated carbocycles. The molecule has 0 fully saturated rings. The van der Waals surface area contributed by atoms with Crippen molar-refractivity contribution in [3.63, 3.8) is 0 Å². The first kappa shape index (κ1) is 19.1. The molecule has 0 bridgehead atoms. The minimum atomic E-state index is -0.461. The van der Waals surface area contributed by atoms with Crippen molar-refractivity contribution in [2.75, 3.05) is 20.9 Å². The summed E-state index contributed by atoms with van der Waals surface area (Å²) in [6.07, 6.45) is 0. The van der Waals surface area contributed by atoms with Crippen molar-refractivity contribution in [2.24, 2.45) is 0 Å². The number of hydrogen-bond donors (Lipinski definition) is 0. The van der Waals surface area contributed by atoms with Crippen LogP contribution in [0.4, 0.5) is 0 Å². The fourth-order valence-electron chi connectivity index (χ4n) is 2.88.